The molecular formula is C38H56N4O6. The van der Waals surface area contributed by atoms with Gasteiger partial charge in [0.05, 0.1) is 19.2 Å². The number of hydrogen-bond donors (Lipinski definition) is 2. The van der Waals surface area contributed by atoms with Gasteiger partial charge in [-0.15, -0.1) is 6.58 Å². The third kappa shape index (κ3) is 6.17. The summed E-state index contributed by atoms with van der Waals surface area (Å²) in [7, 11) is 0. The fourth-order valence-electron chi connectivity index (χ4n) is 10.2. The number of Topliss-reactive ketones (excluding diaryl/α,β-unsaturated/α-hetero) is 1. The van der Waals surface area contributed by atoms with Gasteiger partial charge in [0.15, 0.2) is 0 Å². The summed E-state index contributed by atoms with van der Waals surface area (Å²) in [5.41, 5.74) is -0.487. The molecule has 5 aliphatic rings. The van der Waals surface area contributed by atoms with Gasteiger partial charge in [-0.3, -0.25) is 24.2 Å². The number of carbonyl (C=O) groups excluding carboxylic acids is 3. The maximum absolute atomic E-state index is 13.7. The fourth-order valence-corrected chi connectivity index (χ4v) is 10.2. The van der Waals surface area contributed by atoms with Crippen LogP contribution in [0, 0.1) is 34.0 Å². The SMILES string of the molecule is C=C[C@]1(C)C[C@@H](OC(=O)CN2CCN(C(=O)CN3CCN(c4cccc(O)c4)CC3)CC2)[C@]2(C)[C@H](C)CC[C@]3(CCC(=O)[C@H]32)[C@@H](C)[C@@H]1O. The number of rotatable bonds is 7. The number of piperazine rings is 2. The minimum absolute atomic E-state index is 0.0614. The quantitative estimate of drug-likeness (QED) is 0.334. The number of benzene rings is 1. The van der Waals surface area contributed by atoms with Crippen LogP contribution < -0.4 is 4.90 Å². The summed E-state index contributed by atoms with van der Waals surface area (Å²) >= 11 is 0. The van der Waals surface area contributed by atoms with Crippen LogP contribution >= 0.6 is 0 Å². The number of hydrogen-bond acceptors (Lipinski definition) is 9. The van der Waals surface area contributed by atoms with Gasteiger partial charge in [-0.25, -0.2) is 0 Å². The van der Waals surface area contributed by atoms with E-state index < -0.39 is 23.0 Å². The molecule has 5 fully saturated rings. The molecule has 264 valence electrons. The van der Waals surface area contributed by atoms with Gasteiger partial charge in [-0.2, -0.15) is 0 Å². The fraction of sp³-hybridized carbons (Fsp3) is 0.711. The Labute approximate surface area is 286 Å². The predicted octanol–water partition coefficient (Wildman–Crippen LogP) is 3.56. The highest BCUT2D eigenvalue weighted by Gasteiger charge is 2.68. The Morgan fingerprint density at radius 1 is 1.00 bits per heavy atom. The van der Waals surface area contributed by atoms with Crippen LogP contribution in [-0.4, -0.2) is 120 Å². The Hall–Kier alpha value is -2.95. The molecule has 6 rings (SSSR count). The predicted molar refractivity (Wildman–Crippen MR) is 184 cm³/mol. The van der Waals surface area contributed by atoms with Gasteiger partial charge in [-0.05, 0) is 55.1 Å². The first-order valence-electron chi connectivity index (χ1n) is 18.1. The van der Waals surface area contributed by atoms with E-state index in [-0.39, 0.29) is 53.1 Å². The monoisotopic (exact) mass is 664 g/mol. The molecule has 2 heterocycles. The van der Waals surface area contributed by atoms with E-state index in [2.05, 4.69) is 42.0 Å². The highest BCUT2D eigenvalue weighted by molar-refractivity contribution is 5.86. The number of ketones is 1. The van der Waals surface area contributed by atoms with Gasteiger partial charge in [0.25, 0.3) is 0 Å². The lowest BCUT2D eigenvalue weighted by atomic mass is 9.44. The molecule has 10 nitrogen and oxygen atoms in total. The maximum atomic E-state index is 13.7. The molecule has 2 N–H and O–H groups in total. The van der Waals surface area contributed by atoms with E-state index in [1.54, 1.807) is 12.1 Å². The molecule has 1 aromatic rings. The van der Waals surface area contributed by atoms with Crippen molar-refractivity contribution in [1.82, 2.24) is 14.7 Å². The van der Waals surface area contributed by atoms with Crippen LogP contribution in [0.5, 0.6) is 5.75 Å². The second-order valence-corrected chi connectivity index (χ2v) is 16.0. The van der Waals surface area contributed by atoms with Crippen LogP contribution in [-0.2, 0) is 19.1 Å². The lowest BCUT2D eigenvalue weighted by Gasteiger charge is -2.61. The normalized spacial score (nSPS) is 37.8. The van der Waals surface area contributed by atoms with E-state index in [1.807, 2.05) is 30.0 Å². The Balaban J connectivity index is 1.05. The lowest BCUT2D eigenvalue weighted by molar-refractivity contribution is -0.207. The molecule has 3 aliphatic carbocycles. The lowest BCUT2D eigenvalue weighted by Crippen LogP contribution is -2.63. The third-order valence-electron chi connectivity index (χ3n) is 13.6. The van der Waals surface area contributed by atoms with E-state index in [9.17, 15) is 24.6 Å². The third-order valence-corrected chi connectivity index (χ3v) is 13.6. The van der Waals surface area contributed by atoms with Gasteiger partial charge in [-0.1, -0.05) is 39.8 Å². The minimum Gasteiger partial charge on any atom is -0.508 e. The molecule has 10 heteroatoms. The van der Waals surface area contributed by atoms with Crippen molar-refractivity contribution < 1.29 is 29.3 Å². The summed E-state index contributed by atoms with van der Waals surface area (Å²) in [6, 6.07) is 7.28. The van der Waals surface area contributed by atoms with E-state index in [1.165, 1.54) is 0 Å². The highest BCUT2D eigenvalue weighted by Crippen LogP contribution is 2.68. The van der Waals surface area contributed by atoms with E-state index >= 15 is 0 Å². The Kier molecular flexibility index (Phi) is 9.74. The van der Waals surface area contributed by atoms with Crippen LogP contribution in [0.25, 0.3) is 0 Å². The molecule has 0 unspecified atom stereocenters. The number of phenolic OH excluding ortho intramolecular Hbond substituents is 1. The second-order valence-electron chi connectivity index (χ2n) is 16.0. The molecule has 2 bridgehead atoms. The Bertz CT molecular complexity index is 1390. The molecule has 8 atom stereocenters. The second kappa shape index (κ2) is 13.4. The number of aromatic hydroxyl groups is 1. The summed E-state index contributed by atoms with van der Waals surface area (Å²) in [5.74, 6) is 0.199. The van der Waals surface area contributed by atoms with Crippen molar-refractivity contribution >= 4 is 23.3 Å². The van der Waals surface area contributed by atoms with Crippen LogP contribution in [0.2, 0.25) is 0 Å². The first-order valence-corrected chi connectivity index (χ1v) is 18.1. The summed E-state index contributed by atoms with van der Waals surface area (Å²) in [6.45, 7) is 18.6. The van der Waals surface area contributed by atoms with Crippen molar-refractivity contribution in [3.8, 4) is 5.75 Å². The summed E-state index contributed by atoms with van der Waals surface area (Å²) in [6.07, 6.45) is 4.21. The molecular weight excluding hydrogens is 608 g/mol. The maximum Gasteiger partial charge on any atom is 0.320 e. The van der Waals surface area contributed by atoms with Gasteiger partial charge >= 0.3 is 5.97 Å². The largest absolute Gasteiger partial charge is 0.508 e. The van der Waals surface area contributed by atoms with Crippen LogP contribution in [0.3, 0.4) is 0 Å². The van der Waals surface area contributed by atoms with Crippen molar-refractivity contribution in [2.24, 2.45) is 34.0 Å². The van der Waals surface area contributed by atoms with E-state index in [0.717, 1.165) is 51.1 Å². The average molecular weight is 665 g/mol. The Morgan fingerprint density at radius 2 is 1.67 bits per heavy atom. The van der Waals surface area contributed by atoms with Crippen molar-refractivity contribution in [3.05, 3.63) is 36.9 Å². The number of nitrogens with zero attached hydrogens (tertiary/aromatic N) is 4. The van der Waals surface area contributed by atoms with Crippen LogP contribution in [0.15, 0.2) is 36.9 Å². The smallest absolute Gasteiger partial charge is 0.320 e. The highest BCUT2D eigenvalue weighted by atomic mass is 16.5. The number of esters is 1. The molecule has 0 spiro atoms. The molecule has 0 aromatic heterocycles. The summed E-state index contributed by atoms with van der Waals surface area (Å²) < 4.78 is 6.45. The van der Waals surface area contributed by atoms with Gasteiger partial charge in [0.1, 0.15) is 17.6 Å². The topological polar surface area (TPSA) is 114 Å². The van der Waals surface area contributed by atoms with Gasteiger partial charge in [0.2, 0.25) is 5.91 Å². The molecule has 48 heavy (non-hydrogen) atoms. The minimum atomic E-state index is -0.685. The van der Waals surface area contributed by atoms with Crippen molar-refractivity contribution in [1.29, 1.82) is 0 Å². The molecule has 0 radical (unpaired) electrons. The number of carbonyl (C=O) groups is 3. The van der Waals surface area contributed by atoms with E-state index in [0.29, 0.717) is 45.6 Å². The molecule has 2 saturated heterocycles. The zero-order chi connectivity index (χ0) is 34.4. The van der Waals surface area contributed by atoms with Gasteiger partial charge in [0, 0.05) is 87.3 Å². The van der Waals surface area contributed by atoms with Crippen molar-refractivity contribution in [2.45, 2.75) is 72.0 Å². The standard InChI is InChI=1S/C38H56N4O6/c1-6-36(4)23-31(37(5)26(2)10-12-38(27(3)35(36)47)13-11-30(44)34(37)38)48-33(46)25-40-16-20-42(21-17-40)32(45)24-39-14-18-41(19-15-39)28-8-7-9-29(43)22-28/h6-9,22,26-27,31,34-35,43,47H,1,10-21,23-25H2,2-5H3/t26-,27+,31-,34+,35+,36-,37+,38+/m1/s1. The Morgan fingerprint density at radius 3 is 2.33 bits per heavy atom. The van der Waals surface area contributed by atoms with Crippen LogP contribution in [0.1, 0.15) is 59.8 Å². The number of anilines is 1. The number of amides is 1. The van der Waals surface area contributed by atoms with Gasteiger partial charge < -0.3 is 24.7 Å². The van der Waals surface area contributed by atoms with Crippen molar-refractivity contribution in [3.63, 3.8) is 0 Å². The number of ether oxygens (including phenoxy) is 1. The molecule has 2 aliphatic heterocycles. The number of aliphatic hydroxyl groups is 1. The molecule has 1 aromatic carbocycles. The average Bonchev–Trinajstić information content (AvgIpc) is 3.43. The zero-order valence-corrected chi connectivity index (χ0v) is 29.4. The zero-order valence-electron chi connectivity index (χ0n) is 29.4. The molecule has 3 saturated carbocycles. The van der Waals surface area contributed by atoms with Crippen molar-refractivity contribution in [2.75, 3.05) is 70.3 Å². The summed E-state index contributed by atoms with van der Waals surface area (Å²) in [5, 5.41) is 21.6. The first kappa shape index (κ1) is 34.9. The molecule has 1 amide bonds. The van der Waals surface area contributed by atoms with E-state index in [4.69, 9.17) is 4.74 Å². The number of phenols is 1. The summed E-state index contributed by atoms with van der Waals surface area (Å²) in [4.78, 5) is 48.9. The van der Waals surface area contributed by atoms with Crippen LogP contribution in [0.4, 0.5) is 5.69 Å². The number of aliphatic hydroxyl groups excluding tert-OH is 1. The first-order chi connectivity index (χ1) is 22.8.